The SMILES string of the molecule is Cc1cc(C(C)N)ccc1OCc1cc(F)ccc1Cl. The third-order valence-electron chi connectivity index (χ3n) is 3.12. The van der Waals surface area contributed by atoms with Gasteiger partial charge in [0.2, 0.25) is 0 Å². The van der Waals surface area contributed by atoms with Crippen molar-refractivity contribution in [2.24, 2.45) is 5.73 Å². The van der Waals surface area contributed by atoms with E-state index in [4.69, 9.17) is 22.1 Å². The highest BCUT2D eigenvalue weighted by Crippen LogP contribution is 2.24. The molecule has 0 aromatic heterocycles. The summed E-state index contributed by atoms with van der Waals surface area (Å²) in [5.74, 6) is 0.423. The van der Waals surface area contributed by atoms with Gasteiger partial charge in [0.25, 0.3) is 0 Å². The van der Waals surface area contributed by atoms with Gasteiger partial charge in [-0.3, -0.25) is 0 Å². The van der Waals surface area contributed by atoms with E-state index >= 15 is 0 Å². The number of rotatable bonds is 4. The van der Waals surface area contributed by atoms with Crippen molar-refractivity contribution >= 4 is 11.6 Å². The summed E-state index contributed by atoms with van der Waals surface area (Å²) in [7, 11) is 0. The second-order valence-electron chi connectivity index (χ2n) is 4.84. The minimum absolute atomic E-state index is 0.0135. The number of hydrogen-bond acceptors (Lipinski definition) is 2. The maximum Gasteiger partial charge on any atom is 0.123 e. The van der Waals surface area contributed by atoms with Gasteiger partial charge < -0.3 is 10.5 Å². The Morgan fingerprint density at radius 3 is 2.65 bits per heavy atom. The molecule has 2 rings (SSSR count). The molecular weight excluding hydrogens is 277 g/mol. The molecule has 2 aromatic rings. The molecule has 106 valence electrons. The fourth-order valence-corrected chi connectivity index (χ4v) is 2.10. The lowest BCUT2D eigenvalue weighted by Crippen LogP contribution is -2.05. The average molecular weight is 294 g/mol. The zero-order chi connectivity index (χ0) is 14.7. The Morgan fingerprint density at radius 2 is 2.00 bits per heavy atom. The first-order valence-electron chi connectivity index (χ1n) is 6.40. The molecule has 0 aliphatic carbocycles. The third kappa shape index (κ3) is 3.50. The molecule has 2 N–H and O–H groups in total. The minimum Gasteiger partial charge on any atom is -0.489 e. The van der Waals surface area contributed by atoms with Crippen molar-refractivity contribution < 1.29 is 9.13 Å². The molecule has 0 aliphatic rings. The van der Waals surface area contributed by atoms with Gasteiger partial charge >= 0.3 is 0 Å². The summed E-state index contributed by atoms with van der Waals surface area (Å²) in [6.07, 6.45) is 0. The lowest BCUT2D eigenvalue weighted by atomic mass is 10.1. The molecule has 20 heavy (non-hydrogen) atoms. The predicted octanol–water partition coefficient (Wildman–Crippen LogP) is 4.39. The summed E-state index contributed by atoms with van der Waals surface area (Å²) in [5, 5.41) is 0.497. The molecule has 0 heterocycles. The Labute approximate surface area is 123 Å². The van der Waals surface area contributed by atoms with Crippen LogP contribution in [0.25, 0.3) is 0 Å². The number of hydrogen-bond donors (Lipinski definition) is 1. The molecule has 0 saturated heterocycles. The van der Waals surface area contributed by atoms with Crippen LogP contribution in [-0.2, 0) is 6.61 Å². The third-order valence-corrected chi connectivity index (χ3v) is 3.48. The van der Waals surface area contributed by atoms with Gasteiger partial charge in [-0.25, -0.2) is 4.39 Å². The van der Waals surface area contributed by atoms with Crippen LogP contribution in [0.15, 0.2) is 36.4 Å². The molecule has 1 unspecified atom stereocenters. The molecule has 0 bridgehead atoms. The zero-order valence-corrected chi connectivity index (χ0v) is 12.2. The van der Waals surface area contributed by atoms with Gasteiger partial charge in [0.1, 0.15) is 18.2 Å². The van der Waals surface area contributed by atoms with E-state index in [1.807, 2.05) is 32.0 Å². The molecular formula is C16H17ClFNO. The topological polar surface area (TPSA) is 35.2 Å². The molecule has 4 heteroatoms. The Bertz CT molecular complexity index is 613. The fourth-order valence-electron chi connectivity index (χ4n) is 1.93. The predicted molar refractivity (Wildman–Crippen MR) is 79.5 cm³/mol. The highest BCUT2D eigenvalue weighted by Gasteiger charge is 2.07. The molecule has 0 radical (unpaired) electrons. The molecule has 1 atom stereocenters. The number of halogens is 2. The van der Waals surface area contributed by atoms with Crippen molar-refractivity contribution in [1.29, 1.82) is 0 Å². The standard InChI is InChI=1S/C16H17ClFNO/c1-10-7-12(11(2)19)3-6-16(10)20-9-13-8-14(18)4-5-15(13)17/h3-8,11H,9,19H2,1-2H3. The van der Waals surface area contributed by atoms with E-state index < -0.39 is 0 Å². The van der Waals surface area contributed by atoms with Crippen LogP contribution in [0, 0.1) is 12.7 Å². The van der Waals surface area contributed by atoms with Crippen molar-refractivity contribution in [3.63, 3.8) is 0 Å². The summed E-state index contributed by atoms with van der Waals surface area (Å²) < 4.78 is 18.9. The normalized spacial score (nSPS) is 12.2. The van der Waals surface area contributed by atoms with Crippen LogP contribution in [-0.4, -0.2) is 0 Å². The largest absolute Gasteiger partial charge is 0.489 e. The lowest BCUT2D eigenvalue weighted by molar-refractivity contribution is 0.303. The van der Waals surface area contributed by atoms with Gasteiger partial charge in [-0.15, -0.1) is 0 Å². The van der Waals surface area contributed by atoms with Crippen LogP contribution in [0.5, 0.6) is 5.75 Å². The first-order chi connectivity index (χ1) is 9.47. The van der Waals surface area contributed by atoms with E-state index in [-0.39, 0.29) is 18.5 Å². The molecule has 2 nitrogen and oxygen atoms in total. The van der Waals surface area contributed by atoms with Gasteiger partial charge in [-0.2, -0.15) is 0 Å². The first-order valence-corrected chi connectivity index (χ1v) is 6.78. The van der Waals surface area contributed by atoms with Crippen LogP contribution in [0.2, 0.25) is 5.02 Å². The van der Waals surface area contributed by atoms with Crippen LogP contribution in [0.4, 0.5) is 4.39 Å². The van der Waals surface area contributed by atoms with Crippen molar-refractivity contribution in [2.75, 3.05) is 0 Å². The Hall–Kier alpha value is -1.58. The highest BCUT2D eigenvalue weighted by atomic mass is 35.5. The van der Waals surface area contributed by atoms with Crippen molar-refractivity contribution in [3.8, 4) is 5.75 Å². The number of benzene rings is 2. The summed E-state index contributed by atoms with van der Waals surface area (Å²) in [4.78, 5) is 0. The fraction of sp³-hybridized carbons (Fsp3) is 0.250. The smallest absolute Gasteiger partial charge is 0.123 e. The zero-order valence-electron chi connectivity index (χ0n) is 11.5. The monoisotopic (exact) mass is 293 g/mol. The number of aryl methyl sites for hydroxylation is 1. The Balaban J connectivity index is 2.13. The van der Waals surface area contributed by atoms with Gasteiger partial charge in [0, 0.05) is 16.6 Å². The maximum absolute atomic E-state index is 13.2. The van der Waals surface area contributed by atoms with Crippen LogP contribution < -0.4 is 10.5 Å². The average Bonchev–Trinajstić information content (AvgIpc) is 2.40. The van der Waals surface area contributed by atoms with E-state index in [0.29, 0.717) is 10.6 Å². The number of ether oxygens (including phenoxy) is 1. The summed E-state index contributed by atoms with van der Waals surface area (Å²) in [5.41, 5.74) is 8.51. The molecule has 2 aromatic carbocycles. The van der Waals surface area contributed by atoms with Crippen molar-refractivity contribution in [2.45, 2.75) is 26.5 Å². The second-order valence-corrected chi connectivity index (χ2v) is 5.25. The summed E-state index contributed by atoms with van der Waals surface area (Å²) in [6, 6.07) is 10.0. The minimum atomic E-state index is -0.322. The van der Waals surface area contributed by atoms with E-state index in [0.717, 1.165) is 16.9 Å². The van der Waals surface area contributed by atoms with E-state index in [1.54, 1.807) is 0 Å². The van der Waals surface area contributed by atoms with Gasteiger partial charge in [-0.1, -0.05) is 23.7 Å². The van der Waals surface area contributed by atoms with Crippen LogP contribution in [0.3, 0.4) is 0 Å². The van der Waals surface area contributed by atoms with E-state index in [1.165, 1.54) is 18.2 Å². The first kappa shape index (κ1) is 14.8. The Morgan fingerprint density at radius 1 is 1.25 bits per heavy atom. The van der Waals surface area contributed by atoms with E-state index in [9.17, 15) is 4.39 Å². The van der Waals surface area contributed by atoms with Crippen molar-refractivity contribution in [3.05, 3.63) is 63.9 Å². The van der Waals surface area contributed by atoms with E-state index in [2.05, 4.69) is 0 Å². The highest BCUT2D eigenvalue weighted by molar-refractivity contribution is 6.31. The van der Waals surface area contributed by atoms with Gasteiger partial charge in [-0.05, 0) is 49.2 Å². The molecule has 0 saturated carbocycles. The van der Waals surface area contributed by atoms with Crippen molar-refractivity contribution in [1.82, 2.24) is 0 Å². The molecule has 0 amide bonds. The number of nitrogens with two attached hydrogens (primary N) is 1. The van der Waals surface area contributed by atoms with Gasteiger partial charge in [0.15, 0.2) is 0 Å². The summed E-state index contributed by atoms with van der Waals surface area (Å²) >= 11 is 6.01. The van der Waals surface area contributed by atoms with Crippen LogP contribution in [0.1, 0.15) is 29.7 Å². The molecule has 0 fully saturated rings. The molecule has 0 aliphatic heterocycles. The Kier molecular flexibility index (Phi) is 4.63. The molecule has 0 spiro atoms. The van der Waals surface area contributed by atoms with Gasteiger partial charge in [0.05, 0.1) is 0 Å². The summed E-state index contributed by atoms with van der Waals surface area (Å²) in [6.45, 7) is 4.12. The van der Waals surface area contributed by atoms with Crippen LogP contribution >= 0.6 is 11.6 Å². The quantitative estimate of drug-likeness (QED) is 0.907. The second kappa shape index (κ2) is 6.25. The maximum atomic E-state index is 13.2. The lowest BCUT2D eigenvalue weighted by Gasteiger charge is -2.13.